The third-order valence-electron chi connectivity index (χ3n) is 8.65. The Kier molecular flexibility index (Phi) is 5.18. The SMILES string of the molecule is O=C(COC(=O)c1cccc(N2C(=O)[C@H]3[C@@H]4C=C[C@H]([C@H]5C[C@H]45)[C@@H]3C2=O)c1)c1ccc(-c2ccccc2)cc1. The van der Waals surface area contributed by atoms with Crippen LogP contribution in [-0.2, 0) is 14.3 Å². The first kappa shape index (κ1) is 22.8. The number of carbonyl (C=O) groups is 4. The summed E-state index contributed by atoms with van der Waals surface area (Å²) in [6.07, 6.45) is 5.37. The number of benzene rings is 3. The van der Waals surface area contributed by atoms with Crippen molar-refractivity contribution >= 4 is 29.3 Å². The summed E-state index contributed by atoms with van der Waals surface area (Å²) < 4.78 is 5.30. The van der Waals surface area contributed by atoms with Crippen molar-refractivity contribution in [2.24, 2.45) is 35.5 Å². The molecule has 3 fully saturated rings. The summed E-state index contributed by atoms with van der Waals surface area (Å²) in [4.78, 5) is 53.5. The summed E-state index contributed by atoms with van der Waals surface area (Å²) in [5.41, 5.74) is 3.05. The normalized spacial score (nSPS) is 28.2. The lowest BCUT2D eigenvalue weighted by Gasteiger charge is -2.37. The molecule has 0 aromatic heterocycles. The summed E-state index contributed by atoms with van der Waals surface area (Å²) in [5, 5.41) is 0. The first-order valence-corrected chi connectivity index (χ1v) is 13.0. The average Bonchev–Trinajstić information content (AvgIpc) is 3.74. The molecule has 8 rings (SSSR count). The molecular formula is C32H25NO5. The number of Topliss-reactive ketones (excluding diaryl/α,β-unsaturated/α-hetero) is 1. The molecule has 0 N–H and O–H groups in total. The van der Waals surface area contributed by atoms with Gasteiger partial charge in [-0.05, 0) is 59.4 Å². The van der Waals surface area contributed by atoms with Crippen molar-refractivity contribution in [1.29, 1.82) is 0 Å². The Balaban J connectivity index is 1.03. The maximum absolute atomic E-state index is 13.4. The van der Waals surface area contributed by atoms with E-state index in [9.17, 15) is 19.2 Å². The van der Waals surface area contributed by atoms with E-state index in [1.807, 2.05) is 42.5 Å². The van der Waals surface area contributed by atoms with Gasteiger partial charge in [-0.2, -0.15) is 0 Å². The van der Waals surface area contributed by atoms with E-state index < -0.39 is 12.6 Å². The van der Waals surface area contributed by atoms with Crippen molar-refractivity contribution < 1.29 is 23.9 Å². The minimum atomic E-state index is -0.680. The molecule has 3 aromatic rings. The number of carbonyl (C=O) groups excluding carboxylic acids is 4. The van der Waals surface area contributed by atoms with Gasteiger partial charge in [0.15, 0.2) is 12.4 Å². The van der Waals surface area contributed by atoms with Gasteiger partial charge in [-0.15, -0.1) is 0 Å². The fourth-order valence-corrected chi connectivity index (χ4v) is 6.76. The molecule has 1 heterocycles. The molecule has 3 aromatic carbocycles. The number of ketones is 1. The van der Waals surface area contributed by atoms with E-state index in [1.54, 1.807) is 30.3 Å². The van der Waals surface area contributed by atoms with E-state index in [-0.39, 0.29) is 46.8 Å². The molecule has 0 unspecified atom stereocenters. The molecule has 6 atom stereocenters. The van der Waals surface area contributed by atoms with Crippen molar-refractivity contribution in [1.82, 2.24) is 0 Å². The molecule has 2 saturated carbocycles. The van der Waals surface area contributed by atoms with E-state index >= 15 is 0 Å². The highest BCUT2D eigenvalue weighted by molar-refractivity contribution is 6.23. The van der Waals surface area contributed by atoms with Crippen LogP contribution >= 0.6 is 0 Å². The van der Waals surface area contributed by atoms with E-state index in [4.69, 9.17) is 4.74 Å². The Labute approximate surface area is 219 Å². The molecule has 1 saturated heterocycles. The number of hydrogen-bond acceptors (Lipinski definition) is 5. The Bertz CT molecular complexity index is 1470. The maximum Gasteiger partial charge on any atom is 0.338 e. The van der Waals surface area contributed by atoms with Crippen molar-refractivity contribution in [2.45, 2.75) is 6.42 Å². The number of nitrogens with zero attached hydrogens (tertiary/aromatic N) is 1. The van der Waals surface area contributed by atoms with Crippen molar-refractivity contribution in [3.05, 3.63) is 102 Å². The van der Waals surface area contributed by atoms with Crippen LogP contribution in [0.4, 0.5) is 5.69 Å². The Morgan fingerprint density at radius 2 is 1.37 bits per heavy atom. The number of ether oxygens (including phenoxy) is 1. The quantitative estimate of drug-likeness (QED) is 0.206. The number of amides is 2. The van der Waals surface area contributed by atoms with E-state index in [0.29, 0.717) is 23.1 Å². The van der Waals surface area contributed by atoms with Crippen LogP contribution < -0.4 is 4.90 Å². The minimum absolute atomic E-state index is 0.136. The first-order valence-electron chi connectivity index (χ1n) is 13.0. The average molecular weight is 504 g/mol. The standard InChI is InChI=1S/C32H25NO5/c34-27(20-11-9-19(10-12-20)18-5-2-1-3-6-18)17-38-32(37)21-7-4-8-22(15-21)33-30(35)28-23-13-14-24(26-16-25(23)26)29(28)31(33)36/h1-15,23-26,28-29H,16-17H2/t23-,24-,25-,26-,28+,29+/m1/s1. The molecule has 38 heavy (non-hydrogen) atoms. The van der Waals surface area contributed by atoms with Gasteiger partial charge in [-0.1, -0.05) is 72.8 Å². The van der Waals surface area contributed by atoms with Crippen LogP contribution in [0.3, 0.4) is 0 Å². The number of rotatable bonds is 6. The second kappa shape index (κ2) is 8.62. The van der Waals surface area contributed by atoms with Gasteiger partial charge in [0.1, 0.15) is 0 Å². The summed E-state index contributed by atoms with van der Waals surface area (Å²) in [7, 11) is 0. The molecule has 188 valence electrons. The molecule has 2 bridgehead atoms. The van der Waals surface area contributed by atoms with Gasteiger partial charge >= 0.3 is 5.97 Å². The van der Waals surface area contributed by atoms with E-state index in [2.05, 4.69) is 12.2 Å². The Hall–Kier alpha value is -4.32. The smallest absolute Gasteiger partial charge is 0.338 e. The summed E-state index contributed by atoms with van der Waals surface area (Å²) in [6.45, 7) is -0.405. The largest absolute Gasteiger partial charge is 0.454 e. The zero-order chi connectivity index (χ0) is 26.0. The molecule has 6 nitrogen and oxygen atoms in total. The highest BCUT2D eigenvalue weighted by Gasteiger charge is 2.67. The molecule has 0 spiro atoms. The molecule has 0 radical (unpaired) electrons. The van der Waals surface area contributed by atoms with Crippen molar-refractivity contribution in [2.75, 3.05) is 11.5 Å². The van der Waals surface area contributed by atoms with Gasteiger partial charge in [0, 0.05) is 5.56 Å². The summed E-state index contributed by atoms with van der Waals surface area (Å²) >= 11 is 0. The first-order chi connectivity index (χ1) is 18.5. The summed E-state index contributed by atoms with van der Waals surface area (Å²) in [6, 6.07) is 23.4. The third kappa shape index (κ3) is 3.55. The van der Waals surface area contributed by atoms with Gasteiger partial charge in [-0.25, -0.2) is 9.69 Å². The van der Waals surface area contributed by atoms with Crippen LogP contribution in [0.15, 0.2) is 91.0 Å². The zero-order valence-electron chi connectivity index (χ0n) is 20.5. The van der Waals surface area contributed by atoms with Crippen LogP contribution in [0.2, 0.25) is 0 Å². The van der Waals surface area contributed by atoms with Gasteiger partial charge < -0.3 is 4.74 Å². The van der Waals surface area contributed by atoms with Crippen LogP contribution in [0.1, 0.15) is 27.1 Å². The highest BCUT2D eigenvalue weighted by Crippen LogP contribution is 2.65. The third-order valence-corrected chi connectivity index (χ3v) is 8.65. The number of allylic oxidation sites excluding steroid dienone is 2. The van der Waals surface area contributed by atoms with Crippen LogP contribution in [0.5, 0.6) is 0 Å². The van der Waals surface area contributed by atoms with Crippen LogP contribution in [-0.4, -0.2) is 30.2 Å². The molecule has 1 aliphatic heterocycles. The van der Waals surface area contributed by atoms with Crippen LogP contribution in [0.25, 0.3) is 11.1 Å². The zero-order valence-corrected chi connectivity index (χ0v) is 20.5. The number of hydrogen-bond donors (Lipinski definition) is 0. The fourth-order valence-electron chi connectivity index (χ4n) is 6.76. The highest BCUT2D eigenvalue weighted by atomic mass is 16.5. The molecule has 5 aliphatic rings. The topological polar surface area (TPSA) is 80.8 Å². The number of anilines is 1. The fraction of sp³-hybridized carbons (Fsp3) is 0.250. The Morgan fingerprint density at radius 3 is 2.03 bits per heavy atom. The summed E-state index contributed by atoms with van der Waals surface area (Å²) in [5.74, 6) is -0.633. The lowest BCUT2D eigenvalue weighted by Crippen LogP contribution is -2.40. The predicted molar refractivity (Wildman–Crippen MR) is 140 cm³/mol. The second-order valence-corrected chi connectivity index (χ2v) is 10.7. The molecule has 4 aliphatic carbocycles. The van der Waals surface area contributed by atoms with Gasteiger partial charge in [-0.3, -0.25) is 14.4 Å². The van der Waals surface area contributed by atoms with Gasteiger partial charge in [0.05, 0.1) is 23.1 Å². The maximum atomic E-state index is 13.4. The van der Waals surface area contributed by atoms with E-state index in [0.717, 1.165) is 17.5 Å². The molecular weight excluding hydrogens is 478 g/mol. The van der Waals surface area contributed by atoms with Gasteiger partial charge in [0.2, 0.25) is 11.8 Å². The molecule has 6 heteroatoms. The predicted octanol–water partition coefficient (Wildman–Crippen LogP) is 4.95. The molecule has 2 amide bonds. The van der Waals surface area contributed by atoms with Gasteiger partial charge in [0.25, 0.3) is 0 Å². The number of imide groups is 1. The number of esters is 1. The minimum Gasteiger partial charge on any atom is -0.454 e. The van der Waals surface area contributed by atoms with Crippen molar-refractivity contribution in [3.63, 3.8) is 0 Å². The second-order valence-electron chi connectivity index (χ2n) is 10.7. The van der Waals surface area contributed by atoms with Crippen LogP contribution in [0, 0.1) is 35.5 Å². The van der Waals surface area contributed by atoms with Crippen molar-refractivity contribution in [3.8, 4) is 11.1 Å². The monoisotopic (exact) mass is 503 g/mol. The van der Waals surface area contributed by atoms with E-state index in [1.165, 1.54) is 11.0 Å². The lowest BCUT2D eigenvalue weighted by atomic mass is 9.63. The Morgan fingerprint density at radius 1 is 0.737 bits per heavy atom. The lowest BCUT2D eigenvalue weighted by molar-refractivity contribution is -0.124.